The van der Waals surface area contributed by atoms with E-state index in [1.165, 1.54) is 16.4 Å². The van der Waals surface area contributed by atoms with Crippen LogP contribution in [0.1, 0.15) is 24.9 Å². The highest BCUT2D eigenvalue weighted by Gasteiger charge is 2.34. The van der Waals surface area contributed by atoms with E-state index in [1.807, 2.05) is 6.07 Å². The molecule has 1 unspecified atom stereocenters. The van der Waals surface area contributed by atoms with Gasteiger partial charge in [0.1, 0.15) is 0 Å². The smallest absolute Gasteiger partial charge is 0.243 e. The molecule has 1 atom stereocenters. The number of amides is 1. The minimum atomic E-state index is -3.66. The van der Waals surface area contributed by atoms with E-state index in [1.54, 1.807) is 37.5 Å². The summed E-state index contributed by atoms with van der Waals surface area (Å²) >= 11 is 0. The number of aromatic nitrogens is 1. The Balaban J connectivity index is 1.87. The zero-order valence-corrected chi connectivity index (χ0v) is 15.4. The quantitative estimate of drug-likeness (QED) is 0.832. The number of anilines is 1. The molecule has 1 amide bonds. The van der Waals surface area contributed by atoms with Crippen molar-refractivity contribution in [1.29, 1.82) is 0 Å². The molecule has 0 saturated carbocycles. The number of carbonyl (C=O) groups is 1. The fraction of sp³-hybridized carbons (Fsp3) is 0.333. The maximum atomic E-state index is 13.2. The van der Waals surface area contributed by atoms with Crippen molar-refractivity contribution < 1.29 is 13.2 Å². The second-order valence-electron chi connectivity index (χ2n) is 6.05. The van der Waals surface area contributed by atoms with E-state index in [4.69, 9.17) is 0 Å². The van der Waals surface area contributed by atoms with Gasteiger partial charge in [-0.1, -0.05) is 13.0 Å². The normalized spacial score (nSPS) is 18.4. The van der Waals surface area contributed by atoms with Gasteiger partial charge in [-0.25, -0.2) is 8.42 Å². The van der Waals surface area contributed by atoms with Crippen LogP contribution < -0.4 is 10.6 Å². The van der Waals surface area contributed by atoms with Gasteiger partial charge in [-0.15, -0.1) is 0 Å². The maximum Gasteiger partial charge on any atom is 0.243 e. The molecule has 1 saturated heterocycles. The molecule has 2 aromatic rings. The number of sulfonamides is 1. The zero-order chi connectivity index (χ0) is 18.6. The second kappa shape index (κ2) is 7.94. The van der Waals surface area contributed by atoms with E-state index in [0.717, 1.165) is 5.56 Å². The third-order valence-electron chi connectivity index (χ3n) is 4.33. The molecule has 3 rings (SSSR count). The third-order valence-corrected chi connectivity index (χ3v) is 6.25. The topological polar surface area (TPSA) is 91.4 Å². The van der Waals surface area contributed by atoms with E-state index in [9.17, 15) is 13.2 Å². The third kappa shape index (κ3) is 3.92. The first kappa shape index (κ1) is 18.5. The van der Waals surface area contributed by atoms with Gasteiger partial charge in [-0.2, -0.15) is 4.31 Å². The summed E-state index contributed by atoms with van der Waals surface area (Å²) < 4.78 is 27.8. The first-order valence-corrected chi connectivity index (χ1v) is 9.99. The average Bonchev–Trinajstić information content (AvgIpc) is 2.69. The fourth-order valence-corrected chi connectivity index (χ4v) is 4.54. The lowest BCUT2D eigenvalue weighted by Crippen LogP contribution is -2.48. The van der Waals surface area contributed by atoms with Gasteiger partial charge in [0.2, 0.25) is 15.9 Å². The van der Waals surface area contributed by atoms with E-state index >= 15 is 0 Å². The highest BCUT2D eigenvalue weighted by molar-refractivity contribution is 7.89. The van der Waals surface area contributed by atoms with Crippen molar-refractivity contribution in [2.75, 3.05) is 25.0 Å². The molecule has 2 N–H and O–H groups in total. The summed E-state index contributed by atoms with van der Waals surface area (Å²) in [6.07, 6.45) is 3.74. The summed E-state index contributed by atoms with van der Waals surface area (Å²) in [5.74, 6) is -0.112. The van der Waals surface area contributed by atoms with Crippen LogP contribution in [0.15, 0.2) is 53.7 Å². The Morgan fingerprint density at radius 3 is 2.73 bits per heavy atom. The van der Waals surface area contributed by atoms with Crippen molar-refractivity contribution in [3.05, 3.63) is 54.4 Å². The van der Waals surface area contributed by atoms with Crippen molar-refractivity contribution >= 4 is 21.6 Å². The zero-order valence-electron chi connectivity index (χ0n) is 14.6. The summed E-state index contributed by atoms with van der Waals surface area (Å²) in [5.41, 5.74) is 1.44. The number of benzene rings is 1. The molecular weight excluding hydrogens is 352 g/mol. The molecule has 1 aromatic carbocycles. The standard InChI is InChI=1S/C18H22N4O3S/c1-2-18(23)21-15-5-7-16(8-6-15)26(24,25)22-11-10-20-13-17(22)14-4-3-9-19-12-14/h3-9,12,17,20H,2,10-11,13H2,1H3,(H,21,23). The number of hydrogen-bond acceptors (Lipinski definition) is 5. The van der Waals surface area contributed by atoms with Crippen LogP contribution in [-0.2, 0) is 14.8 Å². The fourth-order valence-electron chi connectivity index (χ4n) is 2.93. The van der Waals surface area contributed by atoms with Gasteiger partial charge in [0.05, 0.1) is 10.9 Å². The molecule has 138 valence electrons. The molecule has 7 nitrogen and oxygen atoms in total. The summed E-state index contributed by atoms with van der Waals surface area (Å²) in [5, 5.41) is 5.96. The first-order chi connectivity index (χ1) is 12.5. The summed E-state index contributed by atoms with van der Waals surface area (Å²) in [7, 11) is -3.66. The van der Waals surface area contributed by atoms with Gasteiger partial charge in [-0.3, -0.25) is 9.78 Å². The number of piperazine rings is 1. The Hall–Kier alpha value is -2.29. The number of hydrogen-bond donors (Lipinski definition) is 2. The Morgan fingerprint density at radius 1 is 1.31 bits per heavy atom. The highest BCUT2D eigenvalue weighted by Crippen LogP contribution is 2.29. The van der Waals surface area contributed by atoms with E-state index < -0.39 is 10.0 Å². The monoisotopic (exact) mass is 374 g/mol. The van der Waals surface area contributed by atoms with Crippen LogP contribution in [0.4, 0.5) is 5.69 Å². The maximum absolute atomic E-state index is 13.2. The Labute approximate surface area is 153 Å². The molecule has 0 radical (unpaired) electrons. The molecule has 0 bridgehead atoms. The van der Waals surface area contributed by atoms with Crippen LogP contribution in [0.3, 0.4) is 0 Å². The molecular formula is C18H22N4O3S. The first-order valence-electron chi connectivity index (χ1n) is 8.55. The Morgan fingerprint density at radius 2 is 2.08 bits per heavy atom. The number of carbonyl (C=O) groups excluding carboxylic acids is 1. The van der Waals surface area contributed by atoms with Crippen LogP contribution in [0.5, 0.6) is 0 Å². The van der Waals surface area contributed by atoms with Crippen LogP contribution in [0, 0.1) is 0 Å². The van der Waals surface area contributed by atoms with Crippen LogP contribution in [0.2, 0.25) is 0 Å². The van der Waals surface area contributed by atoms with Crippen LogP contribution >= 0.6 is 0 Å². The number of pyridine rings is 1. The molecule has 1 aliphatic heterocycles. The van der Waals surface area contributed by atoms with Crippen molar-refractivity contribution in [2.45, 2.75) is 24.3 Å². The van der Waals surface area contributed by atoms with Gasteiger partial charge in [0.15, 0.2) is 0 Å². The highest BCUT2D eigenvalue weighted by atomic mass is 32.2. The Bertz CT molecular complexity index is 854. The van der Waals surface area contributed by atoms with E-state index in [0.29, 0.717) is 31.7 Å². The number of nitrogens with zero attached hydrogens (tertiary/aromatic N) is 2. The lowest BCUT2D eigenvalue weighted by atomic mass is 10.1. The average molecular weight is 374 g/mol. The SMILES string of the molecule is CCC(=O)Nc1ccc(S(=O)(=O)N2CCNCC2c2cccnc2)cc1. The molecule has 26 heavy (non-hydrogen) atoms. The van der Waals surface area contributed by atoms with E-state index in [2.05, 4.69) is 15.6 Å². The molecule has 0 spiro atoms. The van der Waals surface area contributed by atoms with Crippen LogP contribution in [-0.4, -0.2) is 43.2 Å². The Kier molecular flexibility index (Phi) is 5.65. The molecule has 2 heterocycles. The molecule has 1 fully saturated rings. The van der Waals surface area contributed by atoms with Crippen LogP contribution in [0.25, 0.3) is 0 Å². The number of rotatable bonds is 5. The van der Waals surface area contributed by atoms with Crippen molar-refractivity contribution in [2.24, 2.45) is 0 Å². The lowest BCUT2D eigenvalue weighted by Gasteiger charge is -2.35. The minimum Gasteiger partial charge on any atom is -0.326 e. The lowest BCUT2D eigenvalue weighted by molar-refractivity contribution is -0.115. The summed E-state index contributed by atoms with van der Waals surface area (Å²) in [4.78, 5) is 15.8. The van der Waals surface area contributed by atoms with Crippen molar-refractivity contribution in [3.8, 4) is 0 Å². The van der Waals surface area contributed by atoms with Crippen molar-refractivity contribution in [1.82, 2.24) is 14.6 Å². The van der Waals surface area contributed by atoms with Crippen molar-refractivity contribution in [3.63, 3.8) is 0 Å². The number of nitrogens with one attached hydrogen (secondary N) is 2. The van der Waals surface area contributed by atoms with Gasteiger partial charge in [0.25, 0.3) is 0 Å². The summed E-state index contributed by atoms with van der Waals surface area (Å²) in [6, 6.07) is 9.67. The van der Waals surface area contributed by atoms with Gasteiger partial charge in [-0.05, 0) is 35.9 Å². The minimum absolute atomic E-state index is 0.112. The predicted octanol–water partition coefficient (Wildman–Crippen LogP) is 1.77. The molecule has 8 heteroatoms. The van der Waals surface area contributed by atoms with Gasteiger partial charge < -0.3 is 10.6 Å². The predicted molar refractivity (Wildman–Crippen MR) is 99.1 cm³/mol. The molecule has 1 aromatic heterocycles. The molecule has 1 aliphatic rings. The largest absolute Gasteiger partial charge is 0.326 e. The molecule has 0 aliphatic carbocycles. The summed E-state index contributed by atoms with van der Waals surface area (Å²) in [6.45, 7) is 3.28. The van der Waals surface area contributed by atoms with Gasteiger partial charge in [0, 0.05) is 44.1 Å². The van der Waals surface area contributed by atoms with Gasteiger partial charge >= 0.3 is 0 Å². The van der Waals surface area contributed by atoms with E-state index in [-0.39, 0.29) is 16.8 Å². The second-order valence-corrected chi connectivity index (χ2v) is 7.94.